The molecule has 0 aliphatic heterocycles. The van der Waals surface area contributed by atoms with E-state index in [9.17, 15) is 9.18 Å². The van der Waals surface area contributed by atoms with Gasteiger partial charge in [0.25, 0.3) is 0 Å². The number of halogens is 2. The van der Waals surface area contributed by atoms with Crippen LogP contribution in [0.25, 0.3) is 10.1 Å². The van der Waals surface area contributed by atoms with Crippen LogP contribution in [0.1, 0.15) is 10.4 Å². The number of carbonyl (C=O) groups is 1. The van der Waals surface area contributed by atoms with Crippen LogP contribution in [-0.2, 0) is 0 Å². The van der Waals surface area contributed by atoms with E-state index in [4.69, 9.17) is 16.7 Å². The fourth-order valence-corrected chi connectivity index (χ4v) is 2.31. The molecule has 0 atom stereocenters. The average molecular weight is 231 g/mol. The van der Waals surface area contributed by atoms with Crippen molar-refractivity contribution in [2.24, 2.45) is 0 Å². The Balaban J connectivity index is 2.87. The van der Waals surface area contributed by atoms with E-state index in [0.717, 1.165) is 0 Å². The zero-order valence-electron chi connectivity index (χ0n) is 6.75. The van der Waals surface area contributed by atoms with Crippen molar-refractivity contribution < 1.29 is 14.3 Å². The topological polar surface area (TPSA) is 37.3 Å². The van der Waals surface area contributed by atoms with Crippen molar-refractivity contribution in [3.8, 4) is 0 Å². The van der Waals surface area contributed by atoms with Crippen molar-refractivity contribution >= 4 is 39.0 Å². The van der Waals surface area contributed by atoms with Crippen molar-refractivity contribution in [2.75, 3.05) is 0 Å². The van der Waals surface area contributed by atoms with E-state index in [1.165, 1.54) is 17.4 Å². The molecule has 1 aromatic heterocycles. The van der Waals surface area contributed by atoms with Gasteiger partial charge in [-0.15, -0.1) is 11.3 Å². The summed E-state index contributed by atoms with van der Waals surface area (Å²) < 4.78 is 13.9. The number of carboxylic acid groups (broad SMARTS) is 1. The van der Waals surface area contributed by atoms with E-state index in [1.807, 2.05) is 0 Å². The SMILES string of the molecule is O=C(O)c1cc2ccsc2c(F)c1Cl. The monoisotopic (exact) mass is 230 g/mol. The molecule has 0 spiro atoms. The Bertz CT molecular complexity index is 521. The third-order valence-electron chi connectivity index (χ3n) is 1.85. The predicted octanol–water partition coefficient (Wildman–Crippen LogP) is 3.39. The molecule has 0 aliphatic rings. The van der Waals surface area contributed by atoms with Gasteiger partial charge in [0.15, 0.2) is 5.82 Å². The molecule has 14 heavy (non-hydrogen) atoms. The Labute approximate surface area is 87.5 Å². The van der Waals surface area contributed by atoms with Crippen molar-refractivity contribution in [1.29, 1.82) is 0 Å². The molecule has 2 aromatic rings. The summed E-state index contributed by atoms with van der Waals surface area (Å²) in [7, 11) is 0. The first kappa shape index (κ1) is 9.43. The Morgan fingerprint density at radius 2 is 2.29 bits per heavy atom. The molecule has 0 saturated carbocycles. The first-order valence-corrected chi connectivity index (χ1v) is 4.95. The first-order chi connectivity index (χ1) is 6.61. The number of carboxylic acids is 1. The van der Waals surface area contributed by atoms with Crippen molar-refractivity contribution in [2.45, 2.75) is 0 Å². The van der Waals surface area contributed by atoms with Crippen LogP contribution in [0.5, 0.6) is 0 Å². The normalized spacial score (nSPS) is 10.7. The summed E-state index contributed by atoms with van der Waals surface area (Å²) in [5.74, 6) is -1.88. The summed E-state index contributed by atoms with van der Waals surface area (Å²) in [6.07, 6.45) is 0. The molecular formula is C9H4ClFO2S. The predicted molar refractivity (Wildman–Crippen MR) is 53.8 cm³/mol. The molecule has 0 saturated heterocycles. The largest absolute Gasteiger partial charge is 0.478 e. The molecule has 5 heteroatoms. The minimum Gasteiger partial charge on any atom is -0.478 e. The fourth-order valence-electron chi connectivity index (χ4n) is 1.20. The molecule has 0 fully saturated rings. The molecule has 2 rings (SSSR count). The lowest BCUT2D eigenvalue weighted by atomic mass is 10.1. The molecule has 0 aliphatic carbocycles. The third-order valence-corrected chi connectivity index (χ3v) is 3.15. The first-order valence-electron chi connectivity index (χ1n) is 3.69. The maximum absolute atomic E-state index is 13.5. The Morgan fingerprint density at radius 1 is 1.57 bits per heavy atom. The molecule has 0 amide bonds. The maximum Gasteiger partial charge on any atom is 0.337 e. The highest BCUT2D eigenvalue weighted by Gasteiger charge is 2.16. The number of fused-ring (bicyclic) bond motifs is 1. The summed E-state index contributed by atoms with van der Waals surface area (Å²) in [5.41, 5.74) is -0.199. The minimum atomic E-state index is -1.22. The van der Waals surface area contributed by atoms with E-state index >= 15 is 0 Å². The molecule has 0 bridgehead atoms. The summed E-state index contributed by atoms with van der Waals surface area (Å²) in [6.45, 7) is 0. The number of rotatable bonds is 1. The van der Waals surface area contributed by atoms with Gasteiger partial charge in [0.05, 0.1) is 15.3 Å². The van der Waals surface area contributed by atoms with Crippen LogP contribution < -0.4 is 0 Å². The van der Waals surface area contributed by atoms with Gasteiger partial charge in [-0.25, -0.2) is 9.18 Å². The van der Waals surface area contributed by atoms with Crippen LogP contribution in [-0.4, -0.2) is 11.1 Å². The molecule has 1 N–H and O–H groups in total. The van der Waals surface area contributed by atoms with Gasteiger partial charge in [-0.1, -0.05) is 11.6 Å². The van der Waals surface area contributed by atoms with E-state index < -0.39 is 11.8 Å². The Hall–Kier alpha value is -1.13. The molecule has 1 aromatic carbocycles. The van der Waals surface area contributed by atoms with Gasteiger partial charge in [0.1, 0.15) is 0 Å². The summed E-state index contributed by atoms with van der Waals surface area (Å²) in [4.78, 5) is 10.7. The molecule has 1 heterocycles. The number of thiophene rings is 1. The van der Waals surface area contributed by atoms with Crippen LogP contribution >= 0.6 is 22.9 Å². The smallest absolute Gasteiger partial charge is 0.337 e. The maximum atomic E-state index is 13.5. The van der Waals surface area contributed by atoms with Gasteiger partial charge in [0.2, 0.25) is 0 Å². The summed E-state index contributed by atoms with van der Waals surface area (Å²) >= 11 is 6.77. The Morgan fingerprint density at radius 3 is 2.93 bits per heavy atom. The lowest BCUT2D eigenvalue weighted by Gasteiger charge is -2.00. The molecule has 72 valence electrons. The van der Waals surface area contributed by atoms with Crippen molar-refractivity contribution in [1.82, 2.24) is 0 Å². The van der Waals surface area contributed by atoms with E-state index in [-0.39, 0.29) is 10.6 Å². The standard InChI is InChI=1S/C9H4ClFO2S/c10-6-5(9(12)13)3-4-1-2-14-8(4)7(6)11/h1-3H,(H,12,13). The van der Waals surface area contributed by atoms with Crippen LogP contribution in [0.15, 0.2) is 17.5 Å². The van der Waals surface area contributed by atoms with E-state index in [1.54, 1.807) is 11.4 Å². The number of hydrogen-bond donors (Lipinski definition) is 1. The highest BCUT2D eigenvalue weighted by molar-refractivity contribution is 7.17. The number of hydrogen-bond acceptors (Lipinski definition) is 2. The van der Waals surface area contributed by atoms with Crippen LogP contribution in [0.4, 0.5) is 4.39 Å². The quantitative estimate of drug-likeness (QED) is 0.815. The number of benzene rings is 1. The minimum absolute atomic E-state index is 0.199. The second kappa shape index (κ2) is 3.22. The molecule has 0 unspecified atom stereocenters. The van der Waals surface area contributed by atoms with Gasteiger partial charge < -0.3 is 5.11 Å². The molecule has 0 radical (unpaired) electrons. The van der Waals surface area contributed by atoms with Crippen molar-refractivity contribution in [3.05, 3.63) is 33.9 Å². The van der Waals surface area contributed by atoms with Gasteiger partial charge in [-0.05, 0) is 22.9 Å². The lowest BCUT2D eigenvalue weighted by molar-refractivity contribution is 0.0697. The number of aromatic carboxylic acids is 1. The molecule has 2 nitrogen and oxygen atoms in total. The Kier molecular flexibility index (Phi) is 2.17. The van der Waals surface area contributed by atoms with Gasteiger partial charge in [-0.2, -0.15) is 0 Å². The van der Waals surface area contributed by atoms with Gasteiger partial charge in [-0.3, -0.25) is 0 Å². The summed E-state index contributed by atoms with van der Waals surface area (Å²) in [6, 6.07) is 3.03. The van der Waals surface area contributed by atoms with Crippen LogP contribution in [0, 0.1) is 5.82 Å². The van der Waals surface area contributed by atoms with Crippen LogP contribution in [0.3, 0.4) is 0 Å². The van der Waals surface area contributed by atoms with Crippen molar-refractivity contribution in [3.63, 3.8) is 0 Å². The lowest BCUT2D eigenvalue weighted by Crippen LogP contribution is -1.98. The van der Waals surface area contributed by atoms with Gasteiger partial charge >= 0.3 is 5.97 Å². The second-order valence-electron chi connectivity index (χ2n) is 2.70. The highest BCUT2D eigenvalue weighted by Crippen LogP contribution is 2.31. The highest BCUT2D eigenvalue weighted by atomic mass is 35.5. The summed E-state index contributed by atoms with van der Waals surface area (Å²) in [5, 5.41) is 10.7. The van der Waals surface area contributed by atoms with E-state index in [0.29, 0.717) is 10.1 Å². The fraction of sp³-hybridized carbons (Fsp3) is 0. The average Bonchev–Trinajstić information content (AvgIpc) is 2.58. The van der Waals surface area contributed by atoms with E-state index in [2.05, 4.69) is 0 Å². The van der Waals surface area contributed by atoms with Gasteiger partial charge in [0, 0.05) is 0 Å². The second-order valence-corrected chi connectivity index (χ2v) is 3.99. The van der Waals surface area contributed by atoms with Crippen LogP contribution in [0.2, 0.25) is 5.02 Å². The third kappa shape index (κ3) is 1.27. The molecular weight excluding hydrogens is 227 g/mol. The zero-order chi connectivity index (χ0) is 10.3. The zero-order valence-corrected chi connectivity index (χ0v) is 8.32.